The van der Waals surface area contributed by atoms with Gasteiger partial charge in [0.25, 0.3) is 0 Å². The van der Waals surface area contributed by atoms with Crippen LogP contribution in [0, 0.1) is 0 Å². The predicted octanol–water partition coefficient (Wildman–Crippen LogP) is 2.02. The Bertz CT molecular complexity index is 504. The Morgan fingerprint density at radius 3 is 3.10 bits per heavy atom. The number of hydrogen-bond acceptors (Lipinski definition) is 3. The molecule has 1 unspecified atom stereocenters. The molecular formula is C15H20Cl2N2O2. The summed E-state index contributed by atoms with van der Waals surface area (Å²) in [5.41, 5.74) is 2.36. The lowest BCUT2D eigenvalue weighted by Crippen LogP contribution is -2.46. The van der Waals surface area contributed by atoms with Crippen molar-refractivity contribution in [1.82, 2.24) is 10.2 Å². The molecule has 2 aliphatic heterocycles. The van der Waals surface area contributed by atoms with Crippen molar-refractivity contribution in [1.29, 1.82) is 0 Å². The first-order valence-electron chi connectivity index (χ1n) is 7.09. The van der Waals surface area contributed by atoms with Crippen molar-refractivity contribution in [2.75, 3.05) is 26.3 Å². The number of fused-ring (bicyclic) bond motifs is 1. The zero-order chi connectivity index (χ0) is 13.9. The molecule has 6 heteroatoms. The normalized spacial score (nSPS) is 21.4. The van der Waals surface area contributed by atoms with E-state index < -0.39 is 0 Å². The van der Waals surface area contributed by atoms with E-state index in [2.05, 4.69) is 11.4 Å². The van der Waals surface area contributed by atoms with E-state index in [1.165, 1.54) is 11.1 Å². The molecule has 2 heterocycles. The molecule has 0 radical (unpaired) electrons. The smallest absolute Gasteiger partial charge is 0.224 e. The fraction of sp³-hybridized carbons (Fsp3) is 0.533. The summed E-state index contributed by atoms with van der Waals surface area (Å²) < 4.78 is 5.39. The van der Waals surface area contributed by atoms with E-state index in [1.54, 1.807) is 0 Å². The molecule has 1 atom stereocenters. The molecule has 1 saturated heterocycles. The van der Waals surface area contributed by atoms with E-state index in [-0.39, 0.29) is 24.4 Å². The van der Waals surface area contributed by atoms with Crippen molar-refractivity contribution in [3.8, 4) is 0 Å². The van der Waals surface area contributed by atoms with Crippen molar-refractivity contribution in [2.24, 2.45) is 0 Å². The monoisotopic (exact) mass is 330 g/mol. The van der Waals surface area contributed by atoms with Gasteiger partial charge in [-0.05, 0) is 23.6 Å². The summed E-state index contributed by atoms with van der Waals surface area (Å²) in [6.45, 7) is 3.62. The third kappa shape index (κ3) is 3.89. The van der Waals surface area contributed by atoms with Crippen LogP contribution in [0.2, 0.25) is 5.02 Å². The zero-order valence-electron chi connectivity index (χ0n) is 11.8. The van der Waals surface area contributed by atoms with Gasteiger partial charge < -0.3 is 15.0 Å². The van der Waals surface area contributed by atoms with Gasteiger partial charge in [0.1, 0.15) is 0 Å². The van der Waals surface area contributed by atoms with Crippen LogP contribution >= 0.6 is 24.0 Å². The number of halogens is 2. The van der Waals surface area contributed by atoms with Gasteiger partial charge in [-0.3, -0.25) is 4.79 Å². The highest BCUT2D eigenvalue weighted by Gasteiger charge is 2.25. The lowest BCUT2D eigenvalue weighted by atomic mass is 9.99. The number of morpholine rings is 1. The van der Waals surface area contributed by atoms with Crippen LogP contribution in [0.15, 0.2) is 18.2 Å². The highest BCUT2D eigenvalue weighted by molar-refractivity contribution is 6.31. The number of rotatable bonds is 2. The number of nitrogens with zero attached hydrogens (tertiary/aromatic N) is 1. The number of benzene rings is 1. The fourth-order valence-corrected chi connectivity index (χ4v) is 3.16. The van der Waals surface area contributed by atoms with Gasteiger partial charge in [-0.15, -0.1) is 12.4 Å². The molecule has 1 aromatic rings. The van der Waals surface area contributed by atoms with Crippen LogP contribution in [0.3, 0.4) is 0 Å². The summed E-state index contributed by atoms with van der Waals surface area (Å²) in [5.74, 6) is 0.193. The molecule has 0 bridgehead atoms. The van der Waals surface area contributed by atoms with E-state index in [4.69, 9.17) is 16.3 Å². The Labute approximate surface area is 136 Å². The molecule has 4 nitrogen and oxygen atoms in total. The Morgan fingerprint density at radius 2 is 2.33 bits per heavy atom. The fourth-order valence-electron chi connectivity index (χ4n) is 2.87. The Balaban J connectivity index is 0.00000161. The maximum atomic E-state index is 12.4. The first-order valence-corrected chi connectivity index (χ1v) is 7.47. The number of ether oxygens (including phenoxy) is 1. The van der Waals surface area contributed by atoms with E-state index in [0.29, 0.717) is 19.6 Å². The van der Waals surface area contributed by atoms with Crippen LogP contribution in [0.1, 0.15) is 17.5 Å². The van der Waals surface area contributed by atoms with Crippen LogP contribution in [0.4, 0.5) is 0 Å². The minimum atomic E-state index is 0. The molecule has 0 aliphatic carbocycles. The van der Waals surface area contributed by atoms with Gasteiger partial charge >= 0.3 is 0 Å². The van der Waals surface area contributed by atoms with Gasteiger partial charge in [0, 0.05) is 37.1 Å². The number of carbonyl (C=O) groups is 1. The molecule has 1 aromatic carbocycles. The lowest BCUT2D eigenvalue weighted by molar-refractivity contribution is -0.133. The summed E-state index contributed by atoms with van der Waals surface area (Å²) >= 11 is 6.20. The van der Waals surface area contributed by atoms with Gasteiger partial charge in [-0.1, -0.05) is 23.7 Å². The second-order valence-electron chi connectivity index (χ2n) is 5.37. The molecule has 0 aromatic heterocycles. The number of nitrogens with one attached hydrogen (secondary N) is 1. The largest absolute Gasteiger partial charge is 0.378 e. The predicted molar refractivity (Wildman–Crippen MR) is 85.0 cm³/mol. The molecule has 2 aliphatic rings. The van der Waals surface area contributed by atoms with Crippen LogP contribution in [0.5, 0.6) is 0 Å². The van der Waals surface area contributed by atoms with E-state index >= 15 is 0 Å². The summed E-state index contributed by atoms with van der Waals surface area (Å²) in [4.78, 5) is 14.3. The second kappa shape index (κ2) is 7.45. The van der Waals surface area contributed by atoms with Crippen molar-refractivity contribution in [3.05, 3.63) is 34.3 Å². The minimum Gasteiger partial charge on any atom is -0.378 e. The van der Waals surface area contributed by atoms with E-state index in [9.17, 15) is 4.79 Å². The average molecular weight is 331 g/mol. The van der Waals surface area contributed by atoms with Gasteiger partial charge in [-0.2, -0.15) is 0 Å². The summed E-state index contributed by atoms with van der Waals surface area (Å²) in [6, 6.07) is 6.08. The van der Waals surface area contributed by atoms with Crippen LogP contribution in [0.25, 0.3) is 0 Å². The van der Waals surface area contributed by atoms with Crippen molar-refractivity contribution in [3.63, 3.8) is 0 Å². The Morgan fingerprint density at radius 1 is 1.48 bits per heavy atom. The molecule has 116 valence electrons. The first-order chi connectivity index (χ1) is 9.74. The average Bonchev–Trinajstić information content (AvgIpc) is 2.48. The molecular weight excluding hydrogens is 311 g/mol. The minimum absolute atomic E-state index is 0. The van der Waals surface area contributed by atoms with Crippen LogP contribution in [-0.4, -0.2) is 43.2 Å². The van der Waals surface area contributed by atoms with E-state index in [0.717, 1.165) is 31.1 Å². The molecule has 0 spiro atoms. The highest BCUT2D eigenvalue weighted by Crippen LogP contribution is 2.26. The molecule has 0 saturated carbocycles. The van der Waals surface area contributed by atoms with Crippen LogP contribution < -0.4 is 5.32 Å². The van der Waals surface area contributed by atoms with Crippen molar-refractivity contribution < 1.29 is 9.53 Å². The SMILES string of the molecule is Cl.O=C(CC1COCCN1)N1CCc2c(Cl)cccc2C1. The van der Waals surface area contributed by atoms with E-state index in [1.807, 2.05) is 17.0 Å². The van der Waals surface area contributed by atoms with Gasteiger partial charge in [-0.25, -0.2) is 0 Å². The summed E-state index contributed by atoms with van der Waals surface area (Å²) in [7, 11) is 0. The topological polar surface area (TPSA) is 41.6 Å². The Kier molecular flexibility index (Phi) is 5.88. The van der Waals surface area contributed by atoms with Gasteiger partial charge in [0.2, 0.25) is 5.91 Å². The van der Waals surface area contributed by atoms with Gasteiger partial charge in [0.15, 0.2) is 0 Å². The van der Waals surface area contributed by atoms with Crippen molar-refractivity contribution in [2.45, 2.75) is 25.4 Å². The van der Waals surface area contributed by atoms with Crippen molar-refractivity contribution >= 4 is 29.9 Å². The molecule has 21 heavy (non-hydrogen) atoms. The third-order valence-electron chi connectivity index (χ3n) is 3.98. The number of carbonyl (C=O) groups excluding carboxylic acids is 1. The maximum absolute atomic E-state index is 12.4. The first kappa shape index (κ1) is 16.6. The second-order valence-corrected chi connectivity index (χ2v) is 5.78. The highest BCUT2D eigenvalue weighted by atomic mass is 35.5. The molecule has 1 fully saturated rings. The van der Waals surface area contributed by atoms with Crippen LogP contribution in [-0.2, 0) is 22.5 Å². The third-order valence-corrected chi connectivity index (χ3v) is 4.34. The summed E-state index contributed by atoms with van der Waals surface area (Å²) in [5, 5.41) is 4.14. The Hall–Kier alpha value is -0.810. The summed E-state index contributed by atoms with van der Waals surface area (Å²) in [6.07, 6.45) is 1.35. The lowest BCUT2D eigenvalue weighted by Gasteiger charge is -2.31. The molecule has 1 N–H and O–H groups in total. The number of hydrogen-bond donors (Lipinski definition) is 1. The standard InChI is InChI=1S/C15H19ClN2O2.ClH/c16-14-3-1-2-11-9-18(6-4-13(11)14)15(19)8-12-10-20-7-5-17-12;/h1-3,12,17H,4-10H2;1H. The quantitative estimate of drug-likeness (QED) is 0.902. The molecule has 1 amide bonds. The number of amides is 1. The molecule has 3 rings (SSSR count). The zero-order valence-corrected chi connectivity index (χ0v) is 13.4. The van der Waals surface area contributed by atoms with Gasteiger partial charge in [0.05, 0.1) is 13.2 Å². The maximum Gasteiger partial charge on any atom is 0.224 e.